The van der Waals surface area contributed by atoms with E-state index < -0.39 is 6.08 Å². The van der Waals surface area contributed by atoms with Crippen molar-refractivity contribution in [2.45, 2.75) is 6.92 Å². The van der Waals surface area contributed by atoms with Crippen molar-refractivity contribution >= 4 is 22.1 Å². The Morgan fingerprint density at radius 3 is 2.76 bits per heavy atom. The van der Waals surface area contributed by atoms with Gasteiger partial charge in [-0.1, -0.05) is 18.2 Å². The van der Waals surface area contributed by atoms with Crippen molar-refractivity contribution < 1.29 is 8.81 Å². The molecule has 3 heterocycles. The van der Waals surface area contributed by atoms with E-state index in [1.54, 1.807) is 13.1 Å². The van der Waals surface area contributed by atoms with Crippen LogP contribution < -0.4 is 0 Å². The van der Waals surface area contributed by atoms with Crippen molar-refractivity contribution in [1.82, 2.24) is 15.0 Å². The van der Waals surface area contributed by atoms with Crippen molar-refractivity contribution in [2.75, 3.05) is 0 Å². The predicted octanol–water partition coefficient (Wildman–Crippen LogP) is 3.89. The zero-order valence-electron chi connectivity index (χ0n) is 11.2. The van der Waals surface area contributed by atoms with Gasteiger partial charge in [0.2, 0.25) is 5.71 Å². The molecule has 0 amide bonds. The number of halogens is 1. The molecule has 1 aromatic carbocycles. The highest BCUT2D eigenvalue weighted by Crippen LogP contribution is 2.35. The molecule has 0 fully saturated rings. The van der Waals surface area contributed by atoms with Crippen LogP contribution in [0.1, 0.15) is 5.69 Å². The van der Waals surface area contributed by atoms with Crippen molar-refractivity contribution in [2.24, 2.45) is 0 Å². The summed E-state index contributed by atoms with van der Waals surface area (Å²) < 4.78 is 19.1. The molecule has 0 aliphatic carbocycles. The number of hydrogen-bond donors (Lipinski definition) is 0. The van der Waals surface area contributed by atoms with E-state index in [-0.39, 0.29) is 5.71 Å². The summed E-state index contributed by atoms with van der Waals surface area (Å²) in [6, 6.07) is 11.4. The molecule has 0 spiro atoms. The third kappa shape index (κ3) is 1.78. The van der Waals surface area contributed by atoms with E-state index in [4.69, 9.17) is 4.42 Å². The van der Waals surface area contributed by atoms with Crippen LogP contribution in [0, 0.1) is 13.0 Å². The van der Waals surface area contributed by atoms with E-state index in [0.717, 1.165) is 22.0 Å². The van der Waals surface area contributed by atoms with Crippen molar-refractivity contribution in [3.05, 3.63) is 54.4 Å². The van der Waals surface area contributed by atoms with Crippen LogP contribution in [-0.2, 0) is 0 Å². The highest BCUT2D eigenvalue weighted by atomic mass is 19.1. The second-order valence-electron chi connectivity index (χ2n) is 4.76. The van der Waals surface area contributed by atoms with Gasteiger partial charge in [0.25, 0.3) is 0 Å². The molecule has 4 nitrogen and oxygen atoms in total. The monoisotopic (exact) mass is 279 g/mol. The van der Waals surface area contributed by atoms with Crippen LogP contribution in [0.4, 0.5) is 4.39 Å². The van der Waals surface area contributed by atoms with Gasteiger partial charge in [0.1, 0.15) is 5.58 Å². The molecular formula is C16H10FN3O. The maximum absolute atomic E-state index is 13.4. The number of furan rings is 1. The minimum atomic E-state index is -0.779. The molecule has 21 heavy (non-hydrogen) atoms. The Kier molecular flexibility index (Phi) is 2.47. The molecule has 0 saturated carbocycles. The summed E-state index contributed by atoms with van der Waals surface area (Å²) in [4.78, 5) is 11.9. The topological polar surface area (TPSA) is 51.8 Å². The maximum atomic E-state index is 13.4. The number of pyridine rings is 1. The normalized spacial score (nSPS) is 11.3. The van der Waals surface area contributed by atoms with E-state index in [1.807, 2.05) is 36.4 Å². The zero-order chi connectivity index (χ0) is 14.4. The lowest BCUT2D eigenvalue weighted by Gasteiger charge is -2.00. The van der Waals surface area contributed by atoms with Crippen molar-refractivity contribution in [3.8, 4) is 11.3 Å². The molecule has 4 aromatic rings. The van der Waals surface area contributed by atoms with Gasteiger partial charge in [0.05, 0.1) is 16.8 Å². The molecule has 0 saturated heterocycles. The number of rotatable bonds is 1. The molecule has 102 valence electrons. The zero-order valence-corrected chi connectivity index (χ0v) is 11.2. The van der Waals surface area contributed by atoms with E-state index in [0.29, 0.717) is 11.3 Å². The number of nitrogens with zero attached hydrogens (tertiary/aromatic N) is 3. The van der Waals surface area contributed by atoms with Gasteiger partial charge in [-0.2, -0.15) is 9.37 Å². The quantitative estimate of drug-likeness (QED) is 0.496. The SMILES string of the molecule is Cc1nc(F)nc2oc3c(-c4ccccn4)cccc3c12. The van der Waals surface area contributed by atoms with Crippen LogP contribution in [0.3, 0.4) is 0 Å². The average molecular weight is 279 g/mol. The summed E-state index contributed by atoms with van der Waals surface area (Å²) >= 11 is 0. The molecule has 0 unspecified atom stereocenters. The van der Waals surface area contributed by atoms with Crippen LogP contribution in [0.15, 0.2) is 47.0 Å². The molecular weight excluding hydrogens is 269 g/mol. The second-order valence-corrected chi connectivity index (χ2v) is 4.76. The molecule has 5 heteroatoms. The number of benzene rings is 1. The standard InChI is InChI=1S/C16H10FN3O/c1-9-13-11-6-4-5-10(12-7-2-3-8-18-12)14(11)21-15(13)20-16(17)19-9/h2-8H,1H3. The van der Waals surface area contributed by atoms with Gasteiger partial charge in [0.15, 0.2) is 0 Å². The Labute approximate surface area is 119 Å². The molecule has 0 aliphatic heterocycles. The molecule has 0 radical (unpaired) electrons. The predicted molar refractivity (Wildman–Crippen MR) is 77.2 cm³/mol. The number of para-hydroxylation sites is 1. The molecule has 3 aromatic heterocycles. The Balaban J connectivity index is 2.14. The Morgan fingerprint density at radius 1 is 1.05 bits per heavy atom. The van der Waals surface area contributed by atoms with Gasteiger partial charge < -0.3 is 4.42 Å². The maximum Gasteiger partial charge on any atom is 0.312 e. The molecule has 4 rings (SSSR count). The average Bonchev–Trinajstić information content (AvgIpc) is 2.86. The first-order valence-electron chi connectivity index (χ1n) is 6.51. The minimum absolute atomic E-state index is 0.262. The largest absolute Gasteiger partial charge is 0.437 e. The minimum Gasteiger partial charge on any atom is -0.437 e. The summed E-state index contributed by atoms with van der Waals surface area (Å²) in [5, 5.41) is 1.61. The number of hydrogen-bond acceptors (Lipinski definition) is 4. The summed E-state index contributed by atoms with van der Waals surface area (Å²) in [6.45, 7) is 1.75. The number of aryl methyl sites for hydroxylation is 1. The fourth-order valence-electron chi connectivity index (χ4n) is 2.56. The fourth-order valence-corrected chi connectivity index (χ4v) is 2.56. The molecule has 0 bridgehead atoms. The Bertz CT molecular complexity index is 964. The molecule has 0 atom stereocenters. The smallest absolute Gasteiger partial charge is 0.312 e. The number of aromatic nitrogens is 3. The van der Waals surface area contributed by atoms with Crippen LogP contribution in [0.5, 0.6) is 0 Å². The third-order valence-electron chi connectivity index (χ3n) is 3.45. The van der Waals surface area contributed by atoms with Crippen LogP contribution >= 0.6 is 0 Å². The van der Waals surface area contributed by atoms with Gasteiger partial charge in [-0.25, -0.2) is 4.98 Å². The first-order chi connectivity index (χ1) is 10.2. The van der Waals surface area contributed by atoms with Gasteiger partial charge in [-0.15, -0.1) is 0 Å². The highest BCUT2D eigenvalue weighted by Gasteiger charge is 2.16. The van der Waals surface area contributed by atoms with E-state index in [2.05, 4.69) is 15.0 Å². The first kappa shape index (κ1) is 12.0. The van der Waals surface area contributed by atoms with E-state index in [9.17, 15) is 4.39 Å². The van der Waals surface area contributed by atoms with Crippen molar-refractivity contribution in [1.29, 1.82) is 0 Å². The van der Waals surface area contributed by atoms with Crippen molar-refractivity contribution in [3.63, 3.8) is 0 Å². The molecule has 0 aliphatic rings. The highest BCUT2D eigenvalue weighted by molar-refractivity contribution is 6.09. The van der Waals surface area contributed by atoms with Crippen LogP contribution in [0.25, 0.3) is 33.3 Å². The number of fused-ring (bicyclic) bond motifs is 3. The van der Waals surface area contributed by atoms with E-state index >= 15 is 0 Å². The Morgan fingerprint density at radius 2 is 1.95 bits per heavy atom. The van der Waals surface area contributed by atoms with Crippen LogP contribution in [0.2, 0.25) is 0 Å². The summed E-state index contributed by atoms with van der Waals surface area (Å²) in [7, 11) is 0. The second kappa shape index (κ2) is 4.34. The summed E-state index contributed by atoms with van der Waals surface area (Å²) in [6.07, 6.45) is 0.945. The molecule has 0 N–H and O–H groups in total. The van der Waals surface area contributed by atoms with Gasteiger partial charge in [0, 0.05) is 17.1 Å². The van der Waals surface area contributed by atoms with Gasteiger partial charge >= 0.3 is 6.08 Å². The lowest BCUT2D eigenvalue weighted by Crippen LogP contribution is -1.91. The van der Waals surface area contributed by atoms with Crippen LogP contribution in [-0.4, -0.2) is 15.0 Å². The fraction of sp³-hybridized carbons (Fsp3) is 0.0625. The Hall–Kier alpha value is -2.82. The lowest BCUT2D eigenvalue weighted by molar-refractivity contribution is 0.527. The summed E-state index contributed by atoms with van der Waals surface area (Å²) in [5.41, 5.74) is 3.13. The van der Waals surface area contributed by atoms with Gasteiger partial charge in [-0.05, 0) is 25.1 Å². The third-order valence-corrected chi connectivity index (χ3v) is 3.45. The van der Waals surface area contributed by atoms with E-state index in [1.165, 1.54) is 0 Å². The van der Waals surface area contributed by atoms with Gasteiger partial charge in [-0.3, -0.25) is 4.98 Å². The lowest BCUT2D eigenvalue weighted by atomic mass is 10.1. The first-order valence-corrected chi connectivity index (χ1v) is 6.51. The summed E-state index contributed by atoms with van der Waals surface area (Å²) in [5.74, 6) is 0.